The Balaban J connectivity index is 3.64. The van der Waals surface area contributed by atoms with E-state index in [0.717, 1.165) is 0 Å². The summed E-state index contributed by atoms with van der Waals surface area (Å²) < 4.78 is 43.6. The number of aliphatic hydroxyl groups is 1. The Morgan fingerprint density at radius 3 is 2.17 bits per heavy atom. The first-order chi connectivity index (χ1) is 8.04. The van der Waals surface area contributed by atoms with Crippen molar-refractivity contribution in [2.75, 3.05) is 7.11 Å². The van der Waals surface area contributed by atoms with E-state index in [1.54, 1.807) is 6.92 Å². The molecule has 6 heteroatoms. The summed E-state index contributed by atoms with van der Waals surface area (Å²) in [6.45, 7) is 3.76. The minimum absolute atomic E-state index is 0.0308. The van der Waals surface area contributed by atoms with Gasteiger partial charge >= 0.3 is 6.18 Å². The van der Waals surface area contributed by atoms with Crippen LogP contribution in [0.1, 0.15) is 23.6 Å². The van der Waals surface area contributed by atoms with Gasteiger partial charge in [0.05, 0.1) is 7.11 Å². The summed E-state index contributed by atoms with van der Waals surface area (Å²) in [5.41, 5.74) is -2.61. The molecule has 0 amide bonds. The topological polar surface area (TPSA) is 29.5 Å². The molecule has 0 spiro atoms. The molecule has 0 aliphatic heterocycles. The van der Waals surface area contributed by atoms with Crippen LogP contribution in [-0.2, 0) is 5.60 Å². The van der Waals surface area contributed by atoms with Crippen molar-refractivity contribution >= 4 is 11.6 Å². The van der Waals surface area contributed by atoms with Crippen LogP contribution in [0.3, 0.4) is 0 Å². The predicted molar refractivity (Wildman–Crippen MR) is 63.1 cm³/mol. The lowest BCUT2D eigenvalue weighted by molar-refractivity contribution is -0.259. The summed E-state index contributed by atoms with van der Waals surface area (Å²) in [5.74, 6) is -0.0308. The lowest BCUT2D eigenvalue weighted by Crippen LogP contribution is -2.40. The molecule has 1 aromatic carbocycles. The van der Waals surface area contributed by atoms with Gasteiger partial charge in [-0.1, -0.05) is 11.6 Å². The van der Waals surface area contributed by atoms with E-state index in [4.69, 9.17) is 16.3 Å². The summed E-state index contributed by atoms with van der Waals surface area (Å²) >= 11 is 5.93. The molecular formula is C12H14ClF3O2. The Morgan fingerprint density at radius 1 is 1.28 bits per heavy atom. The zero-order chi connectivity index (χ0) is 14.3. The smallest absolute Gasteiger partial charge is 0.421 e. The first kappa shape index (κ1) is 15.1. The van der Waals surface area contributed by atoms with Crippen LogP contribution in [0.2, 0.25) is 5.02 Å². The molecule has 1 aromatic rings. The van der Waals surface area contributed by atoms with Crippen molar-refractivity contribution in [2.24, 2.45) is 0 Å². The highest BCUT2D eigenvalue weighted by molar-refractivity contribution is 6.32. The lowest BCUT2D eigenvalue weighted by atomic mass is 9.89. The van der Waals surface area contributed by atoms with Crippen molar-refractivity contribution in [1.29, 1.82) is 0 Å². The zero-order valence-corrected chi connectivity index (χ0v) is 11.2. The molecule has 102 valence electrons. The monoisotopic (exact) mass is 282 g/mol. The third-order valence-corrected chi connectivity index (χ3v) is 3.48. The summed E-state index contributed by atoms with van der Waals surface area (Å²) in [7, 11) is 1.25. The second-order valence-corrected chi connectivity index (χ2v) is 4.66. The molecule has 1 rings (SSSR count). The molecule has 1 N–H and O–H groups in total. The van der Waals surface area contributed by atoms with Gasteiger partial charge in [0.2, 0.25) is 0 Å². The Hall–Kier alpha value is -0.940. The highest BCUT2D eigenvalue weighted by Gasteiger charge is 2.53. The van der Waals surface area contributed by atoms with Gasteiger partial charge in [0.1, 0.15) is 5.75 Å². The number of methoxy groups -OCH3 is 1. The van der Waals surface area contributed by atoms with Gasteiger partial charge in [-0.3, -0.25) is 0 Å². The van der Waals surface area contributed by atoms with E-state index in [1.807, 2.05) is 0 Å². The fraction of sp³-hybridized carbons (Fsp3) is 0.500. The summed E-state index contributed by atoms with van der Waals surface area (Å²) in [6, 6.07) is 1.38. The standard InChI is InChI=1S/C12H14ClF3O2/c1-6-5-8(18-4)9(7(2)10(6)13)11(3,17)12(14,15)16/h5,17H,1-4H3. The van der Waals surface area contributed by atoms with Crippen LogP contribution >= 0.6 is 11.6 Å². The number of aryl methyl sites for hydroxylation is 1. The quantitative estimate of drug-likeness (QED) is 0.895. The van der Waals surface area contributed by atoms with Crippen LogP contribution in [0.5, 0.6) is 5.75 Å². The van der Waals surface area contributed by atoms with Gasteiger partial charge in [-0.05, 0) is 38.0 Å². The first-order valence-corrected chi connectivity index (χ1v) is 5.55. The average molecular weight is 283 g/mol. The largest absolute Gasteiger partial charge is 0.496 e. The van der Waals surface area contributed by atoms with Crippen LogP contribution < -0.4 is 4.74 Å². The molecular weight excluding hydrogens is 269 g/mol. The summed E-state index contributed by atoms with van der Waals surface area (Å²) in [4.78, 5) is 0. The molecule has 0 fully saturated rings. The lowest BCUT2D eigenvalue weighted by Gasteiger charge is -2.30. The van der Waals surface area contributed by atoms with E-state index in [0.29, 0.717) is 12.5 Å². The predicted octanol–water partition coefficient (Wildman–Crippen LogP) is 3.74. The number of ether oxygens (including phenoxy) is 1. The second-order valence-electron chi connectivity index (χ2n) is 4.28. The van der Waals surface area contributed by atoms with Crippen molar-refractivity contribution in [3.8, 4) is 5.75 Å². The van der Waals surface area contributed by atoms with Crippen molar-refractivity contribution in [3.05, 3.63) is 27.8 Å². The molecule has 0 bridgehead atoms. The van der Waals surface area contributed by atoms with Gasteiger partial charge in [-0.2, -0.15) is 13.2 Å². The third kappa shape index (κ3) is 2.29. The SMILES string of the molecule is COc1cc(C)c(Cl)c(C)c1C(C)(O)C(F)(F)F. The fourth-order valence-corrected chi connectivity index (χ4v) is 1.98. The summed E-state index contributed by atoms with van der Waals surface area (Å²) in [6.07, 6.45) is -4.82. The normalized spacial score (nSPS) is 15.4. The molecule has 0 aromatic heterocycles. The number of rotatable bonds is 2. The van der Waals surface area contributed by atoms with Gasteiger partial charge in [0, 0.05) is 10.6 Å². The van der Waals surface area contributed by atoms with E-state index >= 15 is 0 Å². The Kier molecular flexibility index (Phi) is 3.89. The van der Waals surface area contributed by atoms with E-state index in [1.165, 1.54) is 20.1 Å². The number of hydrogen-bond acceptors (Lipinski definition) is 2. The molecule has 0 aliphatic carbocycles. The minimum atomic E-state index is -4.82. The van der Waals surface area contributed by atoms with Gasteiger partial charge in [0.15, 0.2) is 5.60 Å². The zero-order valence-electron chi connectivity index (χ0n) is 10.4. The summed E-state index contributed by atoms with van der Waals surface area (Å²) in [5, 5.41) is 9.96. The van der Waals surface area contributed by atoms with Crippen molar-refractivity contribution in [3.63, 3.8) is 0 Å². The molecule has 0 radical (unpaired) electrons. The maximum atomic E-state index is 12.9. The fourth-order valence-electron chi connectivity index (χ4n) is 1.83. The van der Waals surface area contributed by atoms with Crippen molar-refractivity contribution in [2.45, 2.75) is 32.5 Å². The number of benzene rings is 1. The minimum Gasteiger partial charge on any atom is -0.496 e. The molecule has 0 saturated carbocycles. The highest BCUT2D eigenvalue weighted by atomic mass is 35.5. The molecule has 0 saturated heterocycles. The van der Waals surface area contributed by atoms with E-state index in [9.17, 15) is 18.3 Å². The first-order valence-electron chi connectivity index (χ1n) is 5.17. The van der Waals surface area contributed by atoms with Crippen LogP contribution in [0.25, 0.3) is 0 Å². The number of hydrogen-bond donors (Lipinski definition) is 1. The molecule has 1 unspecified atom stereocenters. The molecule has 0 heterocycles. The van der Waals surface area contributed by atoms with E-state index in [-0.39, 0.29) is 21.9 Å². The van der Waals surface area contributed by atoms with Crippen LogP contribution in [0.15, 0.2) is 6.07 Å². The van der Waals surface area contributed by atoms with Gasteiger partial charge < -0.3 is 9.84 Å². The van der Waals surface area contributed by atoms with Crippen molar-refractivity contribution in [1.82, 2.24) is 0 Å². The van der Waals surface area contributed by atoms with Crippen LogP contribution in [-0.4, -0.2) is 18.4 Å². The maximum Gasteiger partial charge on any atom is 0.421 e. The van der Waals surface area contributed by atoms with Crippen LogP contribution in [0.4, 0.5) is 13.2 Å². The molecule has 18 heavy (non-hydrogen) atoms. The second kappa shape index (κ2) is 4.63. The Labute approximate surface area is 108 Å². The van der Waals surface area contributed by atoms with Gasteiger partial charge in [-0.15, -0.1) is 0 Å². The average Bonchev–Trinajstić information content (AvgIpc) is 2.23. The van der Waals surface area contributed by atoms with Crippen LogP contribution in [0, 0.1) is 13.8 Å². The Morgan fingerprint density at radius 2 is 1.78 bits per heavy atom. The van der Waals surface area contributed by atoms with Gasteiger partial charge in [-0.25, -0.2) is 0 Å². The van der Waals surface area contributed by atoms with E-state index < -0.39 is 11.8 Å². The highest BCUT2D eigenvalue weighted by Crippen LogP contribution is 2.46. The van der Waals surface area contributed by atoms with Gasteiger partial charge in [0.25, 0.3) is 0 Å². The Bertz CT molecular complexity index is 467. The number of alkyl halides is 3. The molecule has 2 nitrogen and oxygen atoms in total. The van der Waals surface area contributed by atoms with E-state index in [2.05, 4.69) is 0 Å². The molecule has 1 atom stereocenters. The third-order valence-electron chi connectivity index (χ3n) is 2.90. The van der Waals surface area contributed by atoms with Crippen molar-refractivity contribution < 1.29 is 23.0 Å². The number of halogens is 4. The maximum absolute atomic E-state index is 12.9. The molecule has 0 aliphatic rings.